The van der Waals surface area contributed by atoms with Gasteiger partial charge in [0.25, 0.3) is 5.91 Å². The number of hydrogen-bond acceptors (Lipinski definition) is 4. The maximum Gasteiger partial charge on any atom is 0.256 e. The number of carbonyl (C=O) groups is 1. The lowest BCUT2D eigenvalue weighted by Crippen LogP contribution is -2.48. The van der Waals surface area contributed by atoms with E-state index in [4.69, 9.17) is 0 Å². The minimum atomic E-state index is -0.332. The van der Waals surface area contributed by atoms with Crippen molar-refractivity contribution in [3.63, 3.8) is 0 Å². The SMILES string of the molecule is C=CC.C=c1/c(=C\C)c(=O)c(C(=O)NCC(C)C)cn1-c1ccc2c(c1)CCC2.CCC(C)C(C)Nc1cccc(C2CCCNCC2)c1. The third kappa shape index (κ3) is 11.3. The largest absolute Gasteiger partial charge is 0.382 e. The lowest BCUT2D eigenvalue weighted by molar-refractivity contribution is 0.0947. The van der Waals surface area contributed by atoms with Crippen molar-refractivity contribution in [2.45, 2.75) is 105 Å². The molecule has 1 saturated heterocycles. The normalized spacial score (nSPS) is 17.0. The molecule has 0 saturated carbocycles. The van der Waals surface area contributed by atoms with E-state index < -0.39 is 0 Å². The maximum absolute atomic E-state index is 12.7. The van der Waals surface area contributed by atoms with Crippen LogP contribution in [0.25, 0.3) is 18.3 Å². The molecule has 3 atom stereocenters. The van der Waals surface area contributed by atoms with E-state index in [0.29, 0.717) is 35.0 Å². The van der Waals surface area contributed by atoms with Crippen LogP contribution in [-0.2, 0) is 12.8 Å². The van der Waals surface area contributed by atoms with E-state index >= 15 is 0 Å². The summed E-state index contributed by atoms with van der Waals surface area (Å²) in [6.45, 7) is 24.9. The van der Waals surface area contributed by atoms with E-state index in [0.717, 1.165) is 31.0 Å². The minimum Gasteiger partial charge on any atom is -0.382 e. The first-order chi connectivity index (χ1) is 23.5. The molecule has 1 fully saturated rings. The fraction of sp³-hybridized carbons (Fsp3) is 0.488. The van der Waals surface area contributed by atoms with E-state index in [1.54, 1.807) is 25.3 Å². The Balaban J connectivity index is 0.000000253. The molecular weight excluding hydrogens is 604 g/mol. The van der Waals surface area contributed by atoms with E-state index in [9.17, 15) is 9.59 Å². The van der Waals surface area contributed by atoms with Crippen LogP contribution in [0.15, 0.2) is 66.1 Å². The molecule has 3 unspecified atom stereocenters. The summed E-state index contributed by atoms with van der Waals surface area (Å²) in [5.74, 6) is 1.43. The molecule has 0 bridgehead atoms. The van der Waals surface area contributed by atoms with Crippen molar-refractivity contribution < 1.29 is 4.79 Å². The average Bonchev–Trinajstić information content (AvgIpc) is 3.39. The van der Waals surface area contributed by atoms with Crippen molar-refractivity contribution in [2.75, 3.05) is 25.0 Å². The van der Waals surface area contributed by atoms with Gasteiger partial charge in [0.05, 0.1) is 0 Å². The van der Waals surface area contributed by atoms with E-state index in [1.165, 1.54) is 61.0 Å². The number of nitrogens with one attached hydrogen (secondary N) is 3. The summed E-state index contributed by atoms with van der Waals surface area (Å²) in [6, 6.07) is 15.9. The third-order valence-corrected chi connectivity index (χ3v) is 9.74. The first-order valence-electron chi connectivity index (χ1n) is 18.5. The minimum absolute atomic E-state index is 0.159. The van der Waals surface area contributed by atoms with Crippen molar-refractivity contribution >= 4 is 24.2 Å². The molecular formula is C43H62N4O2. The Morgan fingerprint density at radius 3 is 2.45 bits per heavy atom. The predicted molar refractivity (Wildman–Crippen MR) is 210 cm³/mol. The summed E-state index contributed by atoms with van der Waals surface area (Å²) >= 11 is 0. The van der Waals surface area contributed by atoms with Crippen LogP contribution in [-0.4, -0.2) is 36.2 Å². The molecule has 6 nitrogen and oxygen atoms in total. The molecule has 49 heavy (non-hydrogen) atoms. The van der Waals surface area contributed by atoms with E-state index in [1.807, 2.05) is 31.4 Å². The van der Waals surface area contributed by atoms with Crippen molar-refractivity contribution in [3.05, 3.63) is 104 Å². The average molecular weight is 667 g/mol. The van der Waals surface area contributed by atoms with Crippen molar-refractivity contribution in [3.8, 4) is 5.69 Å². The number of carbonyl (C=O) groups excluding carboxylic acids is 1. The molecule has 3 aromatic rings. The first-order valence-corrected chi connectivity index (χ1v) is 18.5. The molecule has 0 spiro atoms. The second-order valence-corrected chi connectivity index (χ2v) is 14.0. The van der Waals surface area contributed by atoms with Crippen LogP contribution in [0.5, 0.6) is 0 Å². The highest BCUT2D eigenvalue weighted by Crippen LogP contribution is 2.28. The molecule has 2 aliphatic rings. The zero-order valence-corrected chi connectivity index (χ0v) is 31.3. The van der Waals surface area contributed by atoms with Gasteiger partial charge in [0, 0.05) is 40.7 Å². The summed E-state index contributed by atoms with van der Waals surface area (Å²) < 4.78 is 1.86. The smallest absolute Gasteiger partial charge is 0.256 e. The Morgan fingerprint density at radius 2 is 1.76 bits per heavy atom. The summed E-state index contributed by atoms with van der Waals surface area (Å²) in [5.41, 5.74) is 6.35. The van der Waals surface area contributed by atoms with Gasteiger partial charge in [-0.2, -0.15) is 0 Å². The number of pyridine rings is 1. The Hall–Kier alpha value is -3.90. The van der Waals surface area contributed by atoms with Crippen LogP contribution >= 0.6 is 0 Å². The quantitative estimate of drug-likeness (QED) is 0.207. The second kappa shape index (κ2) is 19.9. The summed E-state index contributed by atoms with van der Waals surface area (Å²) in [6.07, 6.45) is 13.6. The topological polar surface area (TPSA) is 75.2 Å². The highest BCUT2D eigenvalue weighted by Gasteiger charge is 2.17. The van der Waals surface area contributed by atoms with Gasteiger partial charge in [-0.05, 0) is 131 Å². The summed E-state index contributed by atoms with van der Waals surface area (Å²) in [4.78, 5) is 25.3. The van der Waals surface area contributed by atoms with Gasteiger partial charge in [0.2, 0.25) is 5.43 Å². The van der Waals surface area contributed by atoms with Gasteiger partial charge in [0.1, 0.15) is 5.56 Å². The number of fused-ring (bicyclic) bond motifs is 1. The maximum atomic E-state index is 12.7. The highest BCUT2D eigenvalue weighted by atomic mass is 16.2. The van der Waals surface area contributed by atoms with E-state index in [-0.39, 0.29) is 16.9 Å². The lowest BCUT2D eigenvalue weighted by Gasteiger charge is -2.22. The number of nitrogens with zero attached hydrogens (tertiary/aromatic N) is 1. The summed E-state index contributed by atoms with van der Waals surface area (Å²) in [7, 11) is 0. The van der Waals surface area contributed by atoms with Gasteiger partial charge in [-0.3, -0.25) is 9.59 Å². The molecule has 266 valence electrons. The molecule has 3 N–H and O–H groups in total. The fourth-order valence-electron chi connectivity index (χ4n) is 6.46. The predicted octanol–water partition coefficient (Wildman–Crippen LogP) is 7.51. The number of anilines is 1. The van der Waals surface area contributed by atoms with Gasteiger partial charge in [-0.15, -0.1) is 6.58 Å². The highest BCUT2D eigenvalue weighted by molar-refractivity contribution is 5.93. The molecule has 2 heterocycles. The zero-order valence-electron chi connectivity index (χ0n) is 31.3. The number of allylic oxidation sites excluding steroid dienone is 1. The Labute approximate surface area is 295 Å². The van der Waals surface area contributed by atoms with Crippen LogP contribution in [0.2, 0.25) is 0 Å². The number of rotatable bonds is 9. The van der Waals surface area contributed by atoms with Crippen LogP contribution < -0.4 is 31.9 Å². The van der Waals surface area contributed by atoms with Gasteiger partial charge in [-0.25, -0.2) is 0 Å². The number of hydrogen-bond donors (Lipinski definition) is 3. The lowest BCUT2D eigenvalue weighted by atomic mass is 9.91. The Morgan fingerprint density at radius 1 is 1.02 bits per heavy atom. The third-order valence-electron chi connectivity index (χ3n) is 9.74. The molecule has 0 radical (unpaired) electrons. The van der Waals surface area contributed by atoms with Crippen LogP contribution in [0.1, 0.15) is 114 Å². The standard InChI is InChI=1S/C22H26N2O2.C18H30N2.C3H6/c1-5-19-15(4)24(18-10-9-16-7-6-8-17(16)11-18)13-20(21(19)25)22(26)23-12-14(2)3;1-4-14(2)15(3)20-18-9-5-7-17(13-18)16-8-6-11-19-12-10-16;1-3-2/h5,9-11,13-14H,4,6-8,12H2,1-3H3,(H,23,26);5,7,9,13-16,19-20H,4,6,8,10-12H2,1-3H3;3H,1H2,2H3/b19-5+;;. The molecule has 5 rings (SSSR count). The zero-order chi connectivity index (χ0) is 35.9. The monoisotopic (exact) mass is 666 g/mol. The van der Waals surface area contributed by atoms with E-state index in [2.05, 4.69) is 86.3 Å². The molecule has 1 aliphatic carbocycles. The van der Waals surface area contributed by atoms with Crippen LogP contribution in [0.4, 0.5) is 5.69 Å². The Bertz CT molecular complexity index is 1680. The number of aromatic nitrogens is 1. The van der Waals surface area contributed by atoms with Gasteiger partial charge >= 0.3 is 0 Å². The first kappa shape index (κ1) is 39.5. The molecule has 1 aromatic heterocycles. The van der Waals surface area contributed by atoms with Gasteiger partial charge in [-0.1, -0.05) is 71.0 Å². The second-order valence-electron chi connectivity index (χ2n) is 14.0. The Kier molecular flexibility index (Phi) is 16.1. The molecule has 2 aromatic carbocycles. The summed E-state index contributed by atoms with van der Waals surface area (Å²) in [5, 5.41) is 11.1. The van der Waals surface area contributed by atoms with Gasteiger partial charge in [0.15, 0.2) is 0 Å². The van der Waals surface area contributed by atoms with Crippen molar-refractivity contribution in [2.24, 2.45) is 11.8 Å². The fourth-order valence-corrected chi connectivity index (χ4v) is 6.46. The van der Waals surface area contributed by atoms with Crippen LogP contribution in [0.3, 0.4) is 0 Å². The van der Waals surface area contributed by atoms with Crippen molar-refractivity contribution in [1.29, 1.82) is 0 Å². The van der Waals surface area contributed by atoms with Gasteiger partial charge < -0.3 is 20.5 Å². The molecule has 1 aliphatic heterocycles. The van der Waals surface area contributed by atoms with Crippen LogP contribution in [0, 0.1) is 11.8 Å². The molecule has 1 amide bonds. The number of aryl methyl sites for hydroxylation is 2. The molecule has 6 heteroatoms. The number of benzene rings is 2. The number of amides is 1. The van der Waals surface area contributed by atoms with Crippen molar-refractivity contribution in [1.82, 2.24) is 15.2 Å².